The Labute approximate surface area is 165 Å². The number of likely N-dealkylation sites (tertiary alicyclic amines) is 1. The second-order valence-electron chi connectivity index (χ2n) is 7.68. The molecule has 5 heteroatoms. The molecular weight excluding hydrogens is 352 g/mol. The molecule has 0 radical (unpaired) electrons. The minimum atomic E-state index is -0.297. The van der Waals surface area contributed by atoms with Gasteiger partial charge in [-0.3, -0.25) is 4.79 Å². The van der Waals surface area contributed by atoms with Gasteiger partial charge >= 0.3 is 6.09 Å². The standard InChI is InChI=1S/C23H26N2O3/c26-22(24-21-14-19-8-4-5-9-20(19)15-21)18-10-12-25(13-11-18)23(27)28-16-17-6-2-1-3-7-17/h1-9,18,21H,10-16H2,(H,24,26). The zero-order valence-corrected chi connectivity index (χ0v) is 16.0. The fourth-order valence-corrected chi connectivity index (χ4v) is 4.11. The summed E-state index contributed by atoms with van der Waals surface area (Å²) in [7, 11) is 0. The molecule has 1 heterocycles. The van der Waals surface area contributed by atoms with Crippen LogP contribution in [0, 0.1) is 5.92 Å². The first kappa shape index (κ1) is 18.5. The Balaban J connectivity index is 1.21. The van der Waals surface area contributed by atoms with Crippen LogP contribution in [0.2, 0.25) is 0 Å². The number of nitrogens with one attached hydrogen (secondary N) is 1. The van der Waals surface area contributed by atoms with E-state index in [4.69, 9.17) is 4.74 Å². The van der Waals surface area contributed by atoms with Crippen molar-refractivity contribution in [3.63, 3.8) is 0 Å². The molecule has 4 rings (SSSR count). The van der Waals surface area contributed by atoms with Gasteiger partial charge in [0.1, 0.15) is 6.61 Å². The Hall–Kier alpha value is -2.82. The molecule has 0 aromatic heterocycles. The van der Waals surface area contributed by atoms with Crippen molar-refractivity contribution in [3.8, 4) is 0 Å². The van der Waals surface area contributed by atoms with Crippen LogP contribution in [0.15, 0.2) is 54.6 Å². The molecule has 5 nitrogen and oxygen atoms in total. The Morgan fingerprint density at radius 3 is 2.18 bits per heavy atom. The van der Waals surface area contributed by atoms with E-state index in [0.29, 0.717) is 25.9 Å². The Morgan fingerprint density at radius 1 is 0.929 bits per heavy atom. The van der Waals surface area contributed by atoms with Gasteiger partial charge in [-0.05, 0) is 42.4 Å². The molecule has 1 N–H and O–H groups in total. The first-order valence-corrected chi connectivity index (χ1v) is 10.0. The predicted molar refractivity (Wildman–Crippen MR) is 107 cm³/mol. The minimum Gasteiger partial charge on any atom is -0.445 e. The number of rotatable bonds is 4. The van der Waals surface area contributed by atoms with Crippen LogP contribution in [-0.4, -0.2) is 36.0 Å². The van der Waals surface area contributed by atoms with Gasteiger partial charge in [0.2, 0.25) is 5.91 Å². The fourth-order valence-electron chi connectivity index (χ4n) is 4.11. The van der Waals surface area contributed by atoms with E-state index in [1.165, 1.54) is 11.1 Å². The highest BCUT2D eigenvalue weighted by atomic mass is 16.6. The van der Waals surface area contributed by atoms with E-state index in [1.54, 1.807) is 4.90 Å². The maximum atomic E-state index is 12.6. The summed E-state index contributed by atoms with van der Waals surface area (Å²) in [5.74, 6) is 0.0944. The Morgan fingerprint density at radius 2 is 1.54 bits per heavy atom. The lowest BCUT2D eigenvalue weighted by Gasteiger charge is -2.31. The molecule has 1 aliphatic carbocycles. The number of amides is 2. The van der Waals surface area contributed by atoms with Gasteiger partial charge in [0.05, 0.1) is 0 Å². The van der Waals surface area contributed by atoms with E-state index in [-0.39, 0.29) is 30.6 Å². The smallest absolute Gasteiger partial charge is 0.410 e. The molecule has 28 heavy (non-hydrogen) atoms. The first-order valence-electron chi connectivity index (χ1n) is 10.0. The van der Waals surface area contributed by atoms with Crippen LogP contribution in [0.4, 0.5) is 4.79 Å². The molecule has 1 saturated heterocycles. The van der Waals surface area contributed by atoms with Crippen molar-refractivity contribution in [1.29, 1.82) is 0 Å². The highest BCUT2D eigenvalue weighted by molar-refractivity contribution is 5.79. The molecule has 2 aromatic rings. The van der Waals surface area contributed by atoms with Crippen molar-refractivity contribution in [2.45, 2.75) is 38.3 Å². The summed E-state index contributed by atoms with van der Waals surface area (Å²) >= 11 is 0. The molecule has 146 valence electrons. The highest BCUT2D eigenvalue weighted by Crippen LogP contribution is 2.23. The number of piperidine rings is 1. The number of carbonyl (C=O) groups is 2. The maximum Gasteiger partial charge on any atom is 0.410 e. The molecule has 2 aliphatic rings. The number of hydrogen-bond donors (Lipinski definition) is 1. The van der Waals surface area contributed by atoms with Gasteiger partial charge in [-0.1, -0.05) is 54.6 Å². The summed E-state index contributed by atoms with van der Waals surface area (Å²) in [6.45, 7) is 1.41. The second kappa shape index (κ2) is 8.46. The molecule has 0 spiro atoms. The third-order valence-corrected chi connectivity index (χ3v) is 5.73. The van der Waals surface area contributed by atoms with Gasteiger partial charge in [0.15, 0.2) is 0 Å². The monoisotopic (exact) mass is 378 g/mol. The molecule has 0 unspecified atom stereocenters. The van der Waals surface area contributed by atoms with Gasteiger partial charge < -0.3 is 15.0 Å². The number of nitrogens with zero attached hydrogens (tertiary/aromatic N) is 1. The maximum absolute atomic E-state index is 12.6. The van der Waals surface area contributed by atoms with Crippen LogP contribution in [0.3, 0.4) is 0 Å². The lowest BCUT2D eigenvalue weighted by Crippen LogP contribution is -2.45. The van der Waals surface area contributed by atoms with Crippen LogP contribution in [0.25, 0.3) is 0 Å². The summed E-state index contributed by atoms with van der Waals surface area (Å²) < 4.78 is 5.39. The van der Waals surface area contributed by atoms with Crippen molar-refractivity contribution >= 4 is 12.0 Å². The van der Waals surface area contributed by atoms with Crippen LogP contribution in [0.5, 0.6) is 0 Å². The van der Waals surface area contributed by atoms with Gasteiger partial charge in [-0.2, -0.15) is 0 Å². The molecular formula is C23H26N2O3. The molecule has 2 aromatic carbocycles. The molecule has 0 atom stereocenters. The van der Waals surface area contributed by atoms with Gasteiger partial charge in [0.25, 0.3) is 0 Å². The Kier molecular flexibility index (Phi) is 5.60. The lowest BCUT2D eigenvalue weighted by atomic mass is 9.95. The summed E-state index contributed by atoms with van der Waals surface area (Å²) in [6, 6.07) is 18.2. The number of fused-ring (bicyclic) bond motifs is 1. The predicted octanol–water partition coefficient (Wildman–Crippen LogP) is 3.32. The molecule has 0 bridgehead atoms. The van der Waals surface area contributed by atoms with Crippen molar-refractivity contribution in [2.24, 2.45) is 5.92 Å². The zero-order valence-electron chi connectivity index (χ0n) is 16.0. The number of ether oxygens (including phenoxy) is 1. The van der Waals surface area contributed by atoms with E-state index in [0.717, 1.165) is 18.4 Å². The normalized spacial score (nSPS) is 17.2. The van der Waals surface area contributed by atoms with Crippen LogP contribution in [0.1, 0.15) is 29.5 Å². The average Bonchev–Trinajstić information content (AvgIpc) is 3.15. The number of hydrogen-bond acceptors (Lipinski definition) is 3. The van der Waals surface area contributed by atoms with Gasteiger partial charge in [-0.25, -0.2) is 4.79 Å². The highest BCUT2D eigenvalue weighted by Gasteiger charge is 2.30. The largest absolute Gasteiger partial charge is 0.445 e. The topological polar surface area (TPSA) is 58.6 Å². The quantitative estimate of drug-likeness (QED) is 0.888. The van der Waals surface area contributed by atoms with Crippen molar-refractivity contribution in [3.05, 3.63) is 71.3 Å². The first-order chi connectivity index (χ1) is 13.7. The Bertz CT molecular complexity index is 804. The summed E-state index contributed by atoms with van der Waals surface area (Å²) in [4.78, 5) is 26.6. The van der Waals surface area contributed by atoms with E-state index in [9.17, 15) is 9.59 Å². The summed E-state index contributed by atoms with van der Waals surface area (Å²) in [5, 5.41) is 3.21. The van der Waals surface area contributed by atoms with E-state index in [1.807, 2.05) is 30.3 Å². The molecule has 1 fully saturated rings. The van der Waals surface area contributed by atoms with Gasteiger partial charge in [0, 0.05) is 25.0 Å². The minimum absolute atomic E-state index is 0.0260. The third-order valence-electron chi connectivity index (χ3n) is 5.73. The van der Waals surface area contributed by atoms with E-state index in [2.05, 4.69) is 29.6 Å². The van der Waals surface area contributed by atoms with Crippen LogP contribution < -0.4 is 5.32 Å². The van der Waals surface area contributed by atoms with Crippen LogP contribution >= 0.6 is 0 Å². The van der Waals surface area contributed by atoms with Crippen molar-refractivity contribution < 1.29 is 14.3 Å². The summed E-state index contributed by atoms with van der Waals surface area (Å²) in [6.07, 6.45) is 2.89. The third kappa shape index (κ3) is 4.35. The van der Waals surface area contributed by atoms with E-state index >= 15 is 0 Å². The van der Waals surface area contributed by atoms with Gasteiger partial charge in [-0.15, -0.1) is 0 Å². The number of carbonyl (C=O) groups excluding carboxylic acids is 2. The number of benzene rings is 2. The van der Waals surface area contributed by atoms with Crippen molar-refractivity contribution in [2.75, 3.05) is 13.1 Å². The lowest BCUT2D eigenvalue weighted by molar-refractivity contribution is -0.127. The summed E-state index contributed by atoms with van der Waals surface area (Å²) in [5.41, 5.74) is 3.65. The molecule has 0 saturated carbocycles. The average molecular weight is 378 g/mol. The SMILES string of the molecule is O=C(NC1Cc2ccccc2C1)C1CCN(C(=O)OCc2ccccc2)CC1. The van der Waals surface area contributed by atoms with Crippen LogP contribution in [-0.2, 0) is 29.0 Å². The molecule has 1 aliphatic heterocycles. The van der Waals surface area contributed by atoms with E-state index < -0.39 is 0 Å². The molecule has 2 amide bonds. The fraction of sp³-hybridized carbons (Fsp3) is 0.391. The second-order valence-corrected chi connectivity index (χ2v) is 7.68. The zero-order chi connectivity index (χ0) is 19.3. The van der Waals surface area contributed by atoms with Crippen molar-refractivity contribution in [1.82, 2.24) is 10.2 Å².